The Balaban J connectivity index is 1.03. The van der Waals surface area contributed by atoms with Crippen LogP contribution in [0.15, 0.2) is 215 Å². The average molecular weight is 997 g/mol. The van der Waals surface area contributed by atoms with Crippen LogP contribution in [0.25, 0.3) is 77.3 Å². The van der Waals surface area contributed by atoms with Crippen molar-refractivity contribution in [2.24, 2.45) is 0 Å². The Hall–Kier alpha value is -8.54. The van der Waals surface area contributed by atoms with Crippen LogP contribution in [-0.4, -0.2) is 6.71 Å². The van der Waals surface area contributed by atoms with Gasteiger partial charge in [0.25, 0.3) is 6.71 Å². The zero-order valence-corrected chi connectivity index (χ0v) is 45.4. The van der Waals surface area contributed by atoms with Gasteiger partial charge in [-0.05, 0) is 127 Å². The van der Waals surface area contributed by atoms with Gasteiger partial charge in [0, 0.05) is 66.7 Å². The van der Waals surface area contributed by atoms with Crippen molar-refractivity contribution in [3.63, 3.8) is 0 Å². The predicted octanol–water partition coefficient (Wildman–Crippen LogP) is 18.5. The van der Waals surface area contributed by atoms with Crippen LogP contribution in [0.1, 0.15) is 79.0 Å². The third-order valence-electron chi connectivity index (χ3n) is 16.5. The number of para-hydroxylation sites is 4. The highest BCUT2D eigenvalue weighted by atomic mass is 16.3. The molecule has 0 bridgehead atoms. The van der Waals surface area contributed by atoms with E-state index in [4.69, 9.17) is 8.83 Å². The number of fused-ring (bicyclic) bond motifs is 10. The maximum atomic E-state index is 6.70. The average Bonchev–Trinajstić information content (AvgIpc) is 4.09. The first kappa shape index (κ1) is 47.0. The lowest BCUT2D eigenvalue weighted by Gasteiger charge is -2.46. The van der Waals surface area contributed by atoms with Crippen LogP contribution >= 0.6 is 0 Å². The molecule has 0 saturated carbocycles. The van der Waals surface area contributed by atoms with Crippen LogP contribution in [0.3, 0.4) is 0 Å². The summed E-state index contributed by atoms with van der Waals surface area (Å²) in [6.45, 7) is 21.0. The van der Waals surface area contributed by atoms with Crippen molar-refractivity contribution in [3.8, 4) is 33.4 Å². The minimum atomic E-state index is -0.189. The molecule has 2 aromatic heterocycles. The Morgan fingerprint density at radius 1 is 0.325 bits per heavy atom. The molecule has 0 radical (unpaired) electrons. The molecular weight excluding hydrogens is 936 g/mol. The highest BCUT2D eigenvalue weighted by Crippen LogP contribution is 2.51. The fourth-order valence-electron chi connectivity index (χ4n) is 12.4. The van der Waals surface area contributed by atoms with Crippen LogP contribution < -0.4 is 26.2 Å². The standard InChI is InChI=1S/C72H61BN2O2/c1-70(2,3)47-32-36-58-61(40-47)74(50-34-29-45(30-35-50)51-23-17-25-55-53-21-13-15-27-65(53)76-68(51)55)63-42-49(72(7,8)9)43-64-67(63)73(58)59-37-33-48(71(4,5)6)41-62(59)75(64)60-38-31-46(39-57(60)44-19-11-10-12-20-44)52-24-18-26-56-54-22-14-16-28-66(54)77-69(52)56/h10-43H,1-9H3. The predicted molar refractivity (Wildman–Crippen MR) is 327 cm³/mol. The van der Waals surface area contributed by atoms with Gasteiger partial charge < -0.3 is 18.6 Å². The van der Waals surface area contributed by atoms with Crippen LogP contribution in [0, 0.1) is 0 Å². The normalized spacial score (nSPS) is 13.4. The maximum Gasteiger partial charge on any atom is 0.252 e. The molecule has 0 N–H and O–H groups in total. The lowest BCUT2D eigenvalue weighted by molar-refractivity contribution is 0.590. The molecule has 0 saturated heterocycles. The summed E-state index contributed by atoms with van der Waals surface area (Å²) < 4.78 is 13.3. The number of hydrogen-bond acceptors (Lipinski definition) is 4. The van der Waals surface area contributed by atoms with Crippen LogP contribution in [-0.2, 0) is 16.2 Å². The first-order valence-corrected chi connectivity index (χ1v) is 27.3. The summed E-state index contributed by atoms with van der Waals surface area (Å²) >= 11 is 0. The molecule has 5 heteroatoms. The quantitative estimate of drug-likeness (QED) is 0.161. The molecule has 0 amide bonds. The first-order chi connectivity index (χ1) is 37.1. The molecule has 4 heterocycles. The highest BCUT2D eigenvalue weighted by molar-refractivity contribution is 7.00. The first-order valence-electron chi connectivity index (χ1n) is 27.3. The Bertz CT molecular complexity index is 4350. The second-order valence-corrected chi connectivity index (χ2v) is 24.5. The van der Waals surface area contributed by atoms with E-state index in [1.807, 2.05) is 12.1 Å². The molecule has 0 spiro atoms. The Morgan fingerprint density at radius 2 is 0.779 bits per heavy atom. The molecule has 0 aliphatic carbocycles. The molecular formula is C72H61BN2O2. The number of benzene rings is 10. The van der Waals surface area contributed by atoms with Gasteiger partial charge >= 0.3 is 0 Å². The van der Waals surface area contributed by atoms with Crippen LogP contribution in [0.5, 0.6) is 0 Å². The second-order valence-electron chi connectivity index (χ2n) is 24.5. The van der Waals surface area contributed by atoms with Gasteiger partial charge in [-0.2, -0.15) is 0 Å². The zero-order valence-electron chi connectivity index (χ0n) is 45.4. The van der Waals surface area contributed by atoms with Crippen molar-refractivity contribution in [1.82, 2.24) is 0 Å². The summed E-state index contributed by atoms with van der Waals surface area (Å²) in [6.07, 6.45) is 0. The van der Waals surface area contributed by atoms with Crippen LogP contribution in [0.4, 0.5) is 34.1 Å². The van der Waals surface area contributed by atoms with Gasteiger partial charge in [0.2, 0.25) is 0 Å². The molecule has 77 heavy (non-hydrogen) atoms. The third-order valence-corrected chi connectivity index (χ3v) is 16.5. The number of hydrogen-bond donors (Lipinski definition) is 0. The topological polar surface area (TPSA) is 32.8 Å². The number of rotatable bonds is 5. The third kappa shape index (κ3) is 7.49. The second kappa shape index (κ2) is 17.0. The highest BCUT2D eigenvalue weighted by Gasteiger charge is 2.45. The SMILES string of the molecule is CC(C)(C)c1ccc2c(c1)N(c1ccc(-c3cccc4c3oc3ccccc34)cc1)c1cc(C(C)(C)C)cc3c1B2c1ccc(C(C)(C)C)cc1N3c1ccc(-c2cccc3c2oc2ccccc23)cc1-c1ccccc1. The molecule has 4 nitrogen and oxygen atoms in total. The Labute approximate surface area is 452 Å². The molecule has 14 rings (SSSR count). The molecule has 0 fully saturated rings. The van der Waals surface area contributed by atoms with E-state index < -0.39 is 0 Å². The maximum absolute atomic E-state index is 6.70. The number of nitrogens with zero attached hydrogens (tertiary/aromatic N) is 2. The van der Waals surface area contributed by atoms with E-state index in [1.54, 1.807) is 0 Å². The van der Waals surface area contributed by atoms with Crippen molar-refractivity contribution >= 4 is 101 Å². The molecule has 2 aliphatic heterocycles. The summed E-state index contributed by atoms with van der Waals surface area (Å²) in [6, 6.07) is 76.7. The molecule has 0 atom stereocenters. The van der Waals surface area contributed by atoms with Gasteiger partial charge in [-0.3, -0.25) is 0 Å². The van der Waals surface area contributed by atoms with E-state index in [1.165, 1.54) is 55.8 Å². The summed E-state index contributed by atoms with van der Waals surface area (Å²) in [5.41, 5.74) is 24.8. The minimum absolute atomic E-state index is 0.0374. The molecule has 0 unspecified atom stereocenters. The summed E-state index contributed by atoms with van der Waals surface area (Å²) in [7, 11) is 0. The monoisotopic (exact) mass is 996 g/mol. The van der Waals surface area contributed by atoms with Crippen LogP contribution in [0.2, 0.25) is 0 Å². The molecule has 10 aromatic carbocycles. The van der Waals surface area contributed by atoms with Crippen molar-refractivity contribution in [2.75, 3.05) is 9.80 Å². The van der Waals surface area contributed by atoms with E-state index >= 15 is 0 Å². The Kier molecular flexibility index (Phi) is 10.4. The lowest BCUT2D eigenvalue weighted by atomic mass is 9.33. The van der Waals surface area contributed by atoms with Gasteiger partial charge in [-0.1, -0.05) is 208 Å². The molecule has 2 aliphatic rings. The minimum Gasteiger partial charge on any atom is -0.455 e. The lowest BCUT2D eigenvalue weighted by Crippen LogP contribution is -2.61. The van der Waals surface area contributed by atoms with Crippen molar-refractivity contribution in [1.29, 1.82) is 0 Å². The summed E-state index contributed by atoms with van der Waals surface area (Å²) in [4.78, 5) is 5.19. The van der Waals surface area contributed by atoms with Gasteiger partial charge in [0.05, 0.1) is 5.69 Å². The van der Waals surface area contributed by atoms with E-state index in [2.05, 4.69) is 266 Å². The van der Waals surface area contributed by atoms with E-state index in [0.717, 1.165) is 88.6 Å². The molecule has 374 valence electrons. The van der Waals surface area contributed by atoms with Gasteiger partial charge in [0.1, 0.15) is 22.3 Å². The van der Waals surface area contributed by atoms with Gasteiger partial charge in [0.15, 0.2) is 0 Å². The van der Waals surface area contributed by atoms with E-state index in [0.29, 0.717) is 0 Å². The number of furan rings is 2. The van der Waals surface area contributed by atoms with Crippen molar-refractivity contribution in [3.05, 3.63) is 223 Å². The van der Waals surface area contributed by atoms with Crippen molar-refractivity contribution < 1.29 is 8.83 Å². The smallest absolute Gasteiger partial charge is 0.252 e. The largest absolute Gasteiger partial charge is 0.455 e. The summed E-state index contributed by atoms with van der Waals surface area (Å²) in [5.74, 6) is 0. The van der Waals surface area contributed by atoms with Gasteiger partial charge in [-0.15, -0.1) is 0 Å². The molecule has 12 aromatic rings. The van der Waals surface area contributed by atoms with E-state index in [-0.39, 0.29) is 23.0 Å². The van der Waals surface area contributed by atoms with Crippen molar-refractivity contribution in [2.45, 2.75) is 78.6 Å². The van der Waals surface area contributed by atoms with Gasteiger partial charge in [-0.25, -0.2) is 0 Å². The Morgan fingerprint density at radius 3 is 1.34 bits per heavy atom. The zero-order chi connectivity index (χ0) is 52.7. The van der Waals surface area contributed by atoms with E-state index in [9.17, 15) is 0 Å². The number of anilines is 6. The fraction of sp³-hybridized carbons (Fsp3) is 0.167. The summed E-state index contributed by atoms with van der Waals surface area (Å²) in [5, 5.41) is 4.52. The fourth-order valence-corrected chi connectivity index (χ4v) is 12.4.